The van der Waals surface area contributed by atoms with Gasteiger partial charge in [0.1, 0.15) is 9.09 Å². The monoisotopic (exact) mass is 244 g/mol. The summed E-state index contributed by atoms with van der Waals surface area (Å²) in [5.74, 6) is -0.612. The number of hydrogen-bond acceptors (Lipinski definition) is 5. The molecule has 0 radical (unpaired) electrons. The highest BCUT2D eigenvalue weighted by molar-refractivity contribution is 7.86. The molecular formula is C8H8N2O3S2. The number of ether oxygens (including phenoxy) is 1. The molecule has 1 atom stereocenters. The lowest BCUT2D eigenvalue weighted by Crippen LogP contribution is -2.01. The van der Waals surface area contributed by atoms with Crippen LogP contribution < -0.4 is 5.73 Å². The van der Waals surface area contributed by atoms with E-state index in [1.54, 1.807) is 0 Å². The number of nitrogens with two attached hydrogens (primary N) is 1. The molecule has 0 fully saturated rings. The number of rotatable bonds is 2. The first kappa shape index (κ1) is 11.7. The Kier molecular flexibility index (Phi) is 3.44. The van der Waals surface area contributed by atoms with Crippen LogP contribution in [-0.4, -0.2) is 23.5 Å². The van der Waals surface area contributed by atoms with Gasteiger partial charge in [0, 0.05) is 17.1 Å². The molecule has 0 aliphatic heterocycles. The zero-order valence-corrected chi connectivity index (χ0v) is 9.70. The second kappa shape index (κ2) is 4.42. The Hall–Kier alpha value is -1.39. The van der Waals surface area contributed by atoms with Crippen LogP contribution in [0.4, 0.5) is 11.4 Å². The predicted molar refractivity (Wildman–Crippen MR) is 58.7 cm³/mol. The maximum Gasteiger partial charge on any atom is 0.348 e. The van der Waals surface area contributed by atoms with Crippen LogP contribution in [-0.2, 0) is 15.5 Å². The van der Waals surface area contributed by atoms with Gasteiger partial charge in [-0.2, -0.15) is 0 Å². The molecule has 0 aliphatic carbocycles. The highest BCUT2D eigenvalue weighted by atomic mass is 32.2. The van der Waals surface area contributed by atoms with E-state index < -0.39 is 16.8 Å². The minimum absolute atomic E-state index is 0.0482. The number of nitrogens with zero attached hydrogens (tertiary/aromatic N) is 1. The first-order chi connectivity index (χ1) is 7.02. The van der Waals surface area contributed by atoms with E-state index in [1.807, 2.05) is 0 Å². The summed E-state index contributed by atoms with van der Waals surface area (Å²) in [4.78, 5) is 14.5. The van der Waals surface area contributed by atoms with E-state index >= 15 is 0 Å². The molecule has 80 valence electrons. The maximum absolute atomic E-state index is 11.3. The molecule has 1 heterocycles. The van der Waals surface area contributed by atoms with Crippen molar-refractivity contribution in [1.82, 2.24) is 0 Å². The van der Waals surface area contributed by atoms with Gasteiger partial charge in [0.2, 0.25) is 5.69 Å². The minimum atomic E-state index is -1.33. The smallest absolute Gasteiger partial charge is 0.348 e. The molecule has 7 heteroatoms. The maximum atomic E-state index is 11.3. The average molecular weight is 244 g/mol. The Balaban J connectivity index is 3.42. The number of methoxy groups -OCH3 is 1. The lowest BCUT2D eigenvalue weighted by molar-refractivity contribution is 0.0607. The zero-order chi connectivity index (χ0) is 11.6. The average Bonchev–Trinajstić information content (AvgIpc) is 2.54. The fraction of sp³-hybridized carbons (Fsp3) is 0.250. The summed E-state index contributed by atoms with van der Waals surface area (Å²) < 4.78 is 16.1. The fourth-order valence-electron chi connectivity index (χ4n) is 0.959. The molecule has 1 aromatic heterocycles. The van der Waals surface area contributed by atoms with Gasteiger partial charge in [0.25, 0.3) is 0 Å². The van der Waals surface area contributed by atoms with E-state index in [2.05, 4.69) is 9.58 Å². The molecule has 0 amide bonds. The Bertz CT molecular complexity index is 473. The van der Waals surface area contributed by atoms with Gasteiger partial charge >= 0.3 is 5.97 Å². The van der Waals surface area contributed by atoms with Crippen LogP contribution in [0.3, 0.4) is 0 Å². The van der Waals surface area contributed by atoms with Crippen molar-refractivity contribution in [3.63, 3.8) is 0 Å². The Morgan fingerprint density at radius 1 is 1.67 bits per heavy atom. The van der Waals surface area contributed by atoms with E-state index in [-0.39, 0.29) is 16.3 Å². The Labute approximate surface area is 93.1 Å². The van der Waals surface area contributed by atoms with Crippen molar-refractivity contribution in [1.29, 1.82) is 0 Å². The van der Waals surface area contributed by atoms with Crippen molar-refractivity contribution in [3.05, 3.63) is 16.3 Å². The number of nitrogen functional groups attached to an aromatic ring is 1. The molecule has 0 bridgehead atoms. The lowest BCUT2D eigenvalue weighted by Gasteiger charge is -1.95. The van der Waals surface area contributed by atoms with Gasteiger partial charge < -0.3 is 10.5 Å². The van der Waals surface area contributed by atoms with Gasteiger partial charge in [-0.15, -0.1) is 11.3 Å². The van der Waals surface area contributed by atoms with E-state index in [1.165, 1.54) is 13.4 Å². The summed E-state index contributed by atoms with van der Waals surface area (Å²) in [6.07, 6.45) is 1.43. The predicted octanol–water partition coefficient (Wildman–Crippen LogP) is 1.41. The first-order valence-corrected chi connectivity index (χ1v) is 6.11. The highest BCUT2D eigenvalue weighted by Gasteiger charge is 2.23. The second-order valence-corrected chi connectivity index (χ2v) is 5.13. The summed E-state index contributed by atoms with van der Waals surface area (Å²) >= 11 is 0.938. The van der Waals surface area contributed by atoms with Crippen LogP contribution in [0.2, 0.25) is 0 Å². The van der Waals surface area contributed by atoms with E-state index in [0.717, 1.165) is 11.3 Å². The normalized spacial score (nSPS) is 11.8. The minimum Gasteiger partial charge on any atom is -0.465 e. The third kappa shape index (κ3) is 2.00. The number of carbonyl (C=O) groups excluding carboxylic acids is 1. The summed E-state index contributed by atoms with van der Waals surface area (Å²) in [5, 5.41) is 0. The van der Waals surface area contributed by atoms with Gasteiger partial charge in [0.15, 0.2) is 0 Å². The van der Waals surface area contributed by atoms with Gasteiger partial charge in [-0.05, 0) is 0 Å². The van der Waals surface area contributed by atoms with E-state index in [9.17, 15) is 9.00 Å². The Morgan fingerprint density at radius 2 is 2.27 bits per heavy atom. The number of anilines is 1. The van der Waals surface area contributed by atoms with E-state index in [0.29, 0.717) is 4.21 Å². The number of esters is 1. The van der Waals surface area contributed by atoms with Crippen LogP contribution >= 0.6 is 11.3 Å². The summed E-state index contributed by atoms with van der Waals surface area (Å²) in [6, 6.07) is 0. The standard InChI is InChI=1S/C8H8N2O3S2/c1-10-5-4(9)6(7(11)13-2)14-8(5)15(3)12/h9H2,2-3H3. The molecule has 0 saturated heterocycles. The molecule has 0 saturated carbocycles. The van der Waals surface area contributed by atoms with Crippen molar-refractivity contribution >= 4 is 39.5 Å². The number of carbonyl (C=O) groups is 1. The lowest BCUT2D eigenvalue weighted by atomic mass is 10.3. The molecular weight excluding hydrogens is 236 g/mol. The van der Waals surface area contributed by atoms with Gasteiger partial charge in [0.05, 0.1) is 19.4 Å². The van der Waals surface area contributed by atoms with Crippen LogP contribution in [0.5, 0.6) is 0 Å². The molecule has 0 spiro atoms. The Morgan fingerprint density at radius 3 is 2.60 bits per heavy atom. The molecule has 2 N–H and O–H groups in total. The molecule has 0 aromatic carbocycles. The van der Waals surface area contributed by atoms with Crippen molar-refractivity contribution in [2.24, 2.45) is 0 Å². The quantitative estimate of drug-likeness (QED) is 0.630. The summed E-state index contributed by atoms with van der Waals surface area (Å²) in [6.45, 7) is 6.90. The van der Waals surface area contributed by atoms with Crippen molar-refractivity contribution in [2.45, 2.75) is 4.21 Å². The van der Waals surface area contributed by atoms with Crippen LogP contribution in [0.25, 0.3) is 4.85 Å². The number of thiophene rings is 1. The SMILES string of the molecule is [C-]#[N+]c1c(S(C)=O)sc(C(=O)OC)c1N. The van der Waals surface area contributed by atoms with Crippen LogP contribution in [0.15, 0.2) is 4.21 Å². The molecule has 5 nitrogen and oxygen atoms in total. The van der Waals surface area contributed by atoms with Crippen molar-refractivity contribution in [3.8, 4) is 0 Å². The second-order valence-electron chi connectivity index (χ2n) is 2.54. The third-order valence-corrected chi connectivity index (χ3v) is 4.27. The van der Waals surface area contributed by atoms with Crippen LogP contribution in [0.1, 0.15) is 9.67 Å². The van der Waals surface area contributed by atoms with Crippen molar-refractivity contribution in [2.75, 3.05) is 19.1 Å². The summed E-state index contributed by atoms with van der Waals surface area (Å²) in [5.41, 5.74) is 5.72. The third-order valence-electron chi connectivity index (χ3n) is 1.63. The number of hydrogen-bond donors (Lipinski definition) is 1. The molecule has 1 rings (SSSR count). The topological polar surface area (TPSA) is 73.8 Å². The molecule has 1 aromatic rings. The van der Waals surface area contributed by atoms with Gasteiger partial charge in [-0.3, -0.25) is 4.21 Å². The summed E-state index contributed by atoms with van der Waals surface area (Å²) in [7, 11) is -0.108. The van der Waals surface area contributed by atoms with Crippen molar-refractivity contribution < 1.29 is 13.7 Å². The molecule has 1 unspecified atom stereocenters. The van der Waals surface area contributed by atoms with Crippen LogP contribution in [0, 0.1) is 6.57 Å². The van der Waals surface area contributed by atoms with Gasteiger partial charge in [-0.25, -0.2) is 9.64 Å². The largest absolute Gasteiger partial charge is 0.465 e. The molecule has 0 aliphatic rings. The molecule has 15 heavy (non-hydrogen) atoms. The van der Waals surface area contributed by atoms with Gasteiger partial charge in [-0.1, -0.05) is 0 Å². The highest BCUT2D eigenvalue weighted by Crippen LogP contribution is 2.40. The fourth-order valence-corrected chi connectivity index (χ4v) is 2.92. The first-order valence-electron chi connectivity index (χ1n) is 3.74. The van der Waals surface area contributed by atoms with E-state index in [4.69, 9.17) is 12.3 Å². The zero-order valence-electron chi connectivity index (χ0n) is 8.07.